The number of aliphatic hydroxyl groups excluding tert-OH is 1. The molecule has 8 nitrogen and oxygen atoms in total. The summed E-state index contributed by atoms with van der Waals surface area (Å²) in [7, 11) is 1.80. The van der Waals surface area contributed by atoms with Crippen molar-refractivity contribution in [1.29, 1.82) is 0 Å². The molecule has 0 aliphatic heterocycles. The fraction of sp³-hybridized carbons (Fsp3) is 0.469. The smallest absolute Gasteiger partial charge is 0.410 e. The van der Waals surface area contributed by atoms with Crippen LogP contribution in [0.15, 0.2) is 36.5 Å². The van der Waals surface area contributed by atoms with Crippen LogP contribution in [0.1, 0.15) is 75.2 Å². The van der Waals surface area contributed by atoms with Gasteiger partial charge in [-0.3, -0.25) is 9.78 Å². The average Bonchev–Trinajstić information content (AvgIpc) is 3.79. The summed E-state index contributed by atoms with van der Waals surface area (Å²) in [4.78, 5) is 32.3. The Labute approximate surface area is 245 Å². The first-order valence-corrected chi connectivity index (χ1v) is 14.6. The van der Waals surface area contributed by atoms with Gasteiger partial charge in [0.2, 0.25) is 0 Å². The van der Waals surface area contributed by atoms with Crippen LogP contribution in [-0.4, -0.2) is 56.7 Å². The van der Waals surface area contributed by atoms with E-state index in [-0.39, 0.29) is 47.3 Å². The number of nitrogens with one attached hydrogen (secondary N) is 1. The van der Waals surface area contributed by atoms with E-state index in [0.717, 1.165) is 66.2 Å². The number of aromatic nitrogens is 1. The zero-order valence-electron chi connectivity index (χ0n) is 24.0. The highest BCUT2D eigenvalue weighted by Gasteiger charge is 2.34. The van der Waals surface area contributed by atoms with Gasteiger partial charge in [-0.1, -0.05) is 17.7 Å². The molecule has 0 radical (unpaired) electrons. The van der Waals surface area contributed by atoms with Crippen LogP contribution in [-0.2, 0) is 11.3 Å². The third-order valence-electron chi connectivity index (χ3n) is 8.00. The van der Waals surface area contributed by atoms with Crippen molar-refractivity contribution in [3.05, 3.63) is 52.7 Å². The highest BCUT2D eigenvalue weighted by Crippen LogP contribution is 2.40. The van der Waals surface area contributed by atoms with Gasteiger partial charge in [0.25, 0.3) is 0 Å². The number of carbonyl (C=O) groups is 2. The van der Waals surface area contributed by atoms with Crippen molar-refractivity contribution >= 4 is 40.1 Å². The molecule has 5 rings (SSSR count). The van der Waals surface area contributed by atoms with Crippen molar-refractivity contribution < 1.29 is 24.5 Å². The van der Waals surface area contributed by atoms with Crippen molar-refractivity contribution in [2.45, 2.75) is 83.6 Å². The third-order valence-corrected chi connectivity index (χ3v) is 8.29. The molecular weight excluding hydrogens is 542 g/mol. The van der Waals surface area contributed by atoms with E-state index >= 15 is 0 Å². The molecule has 1 aromatic heterocycles. The van der Waals surface area contributed by atoms with Crippen LogP contribution in [0.25, 0.3) is 22.0 Å². The Kier molecular flexibility index (Phi) is 8.17. The molecule has 0 unspecified atom stereocenters. The lowest BCUT2D eigenvalue weighted by Crippen LogP contribution is -2.43. The average molecular weight is 580 g/mol. The molecule has 3 aromatic rings. The maximum Gasteiger partial charge on any atom is 0.410 e. The lowest BCUT2D eigenvalue weighted by atomic mass is 9.89. The summed E-state index contributed by atoms with van der Waals surface area (Å²) in [6.45, 7) is 5.26. The molecule has 2 fully saturated rings. The summed E-state index contributed by atoms with van der Waals surface area (Å²) in [5.74, 6) is 0.0214. The summed E-state index contributed by atoms with van der Waals surface area (Å²) in [5.41, 5.74) is 3.52. The van der Waals surface area contributed by atoms with Gasteiger partial charge in [-0.25, -0.2) is 4.79 Å². The quantitative estimate of drug-likeness (QED) is 0.260. The summed E-state index contributed by atoms with van der Waals surface area (Å²) in [5, 5.41) is 24.6. The summed E-state index contributed by atoms with van der Waals surface area (Å²) in [6, 6.07) is 9.42. The van der Waals surface area contributed by atoms with Crippen molar-refractivity contribution in [3.63, 3.8) is 0 Å². The number of Topliss-reactive ketones (excluding diaryl/α,β-unsaturated/α-hetero) is 1. The number of halogens is 1. The fourth-order valence-electron chi connectivity index (χ4n) is 5.52. The summed E-state index contributed by atoms with van der Waals surface area (Å²) >= 11 is 6.26. The second-order valence-corrected chi connectivity index (χ2v) is 12.7. The van der Waals surface area contributed by atoms with Gasteiger partial charge in [-0.15, -0.1) is 0 Å². The number of aromatic hydroxyl groups is 1. The number of aliphatic hydroxyl groups is 1. The zero-order chi connectivity index (χ0) is 29.5. The van der Waals surface area contributed by atoms with Crippen LogP contribution in [0.5, 0.6) is 5.75 Å². The number of pyridine rings is 1. The number of benzene rings is 2. The van der Waals surface area contributed by atoms with E-state index in [0.29, 0.717) is 11.1 Å². The Morgan fingerprint density at radius 3 is 2.41 bits per heavy atom. The van der Waals surface area contributed by atoms with E-state index in [2.05, 4.69) is 10.3 Å². The molecule has 2 aliphatic rings. The first kappa shape index (κ1) is 29.1. The molecule has 0 bridgehead atoms. The molecule has 0 saturated heterocycles. The van der Waals surface area contributed by atoms with Crippen LogP contribution in [0.4, 0.5) is 10.5 Å². The molecule has 0 atom stereocenters. The zero-order valence-corrected chi connectivity index (χ0v) is 24.8. The number of rotatable bonds is 7. The molecular formula is C32H38ClN3O5. The van der Waals surface area contributed by atoms with Crippen molar-refractivity contribution in [1.82, 2.24) is 9.88 Å². The van der Waals surface area contributed by atoms with E-state index in [4.69, 9.17) is 16.3 Å². The monoisotopic (exact) mass is 579 g/mol. The minimum absolute atomic E-state index is 0.0409. The molecule has 2 aromatic carbocycles. The number of amides is 1. The fourth-order valence-corrected chi connectivity index (χ4v) is 5.76. The number of nitrogens with zero attached hydrogens (tertiary/aromatic N) is 2. The van der Waals surface area contributed by atoms with Gasteiger partial charge in [-0.2, -0.15) is 0 Å². The Balaban J connectivity index is 1.44. The predicted octanol–water partition coefficient (Wildman–Crippen LogP) is 6.94. The number of ketones is 1. The van der Waals surface area contributed by atoms with E-state index in [9.17, 15) is 19.8 Å². The predicted molar refractivity (Wildman–Crippen MR) is 160 cm³/mol. The number of ether oxygens (including phenoxy) is 1. The van der Waals surface area contributed by atoms with E-state index < -0.39 is 5.60 Å². The lowest BCUT2D eigenvalue weighted by molar-refractivity contribution is 0.0185. The first-order chi connectivity index (χ1) is 19.4. The molecule has 1 amide bonds. The SMILES string of the molecule is CN(C(=O)OC(C)(C)C)C1CCC(Nc2c(C(=O)C3CC3)cnc3ccc(-c4cc(Cl)c(O)c(CO)c4)cc23)CC1. The first-order valence-electron chi connectivity index (χ1n) is 14.3. The van der Waals surface area contributed by atoms with Gasteiger partial charge in [0.15, 0.2) is 5.78 Å². The topological polar surface area (TPSA) is 112 Å². The maximum absolute atomic E-state index is 13.4. The van der Waals surface area contributed by atoms with Gasteiger partial charge in [0.05, 0.1) is 28.4 Å². The highest BCUT2D eigenvalue weighted by molar-refractivity contribution is 6.32. The van der Waals surface area contributed by atoms with Crippen molar-refractivity contribution in [3.8, 4) is 16.9 Å². The Hall–Kier alpha value is -3.36. The van der Waals surface area contributed by atoms with Gasteiger partial charge in [0.1, 0.15) is 11.4 Å². The second-order valence-electron chi connectivity index (χ2n) is 12.3. The molecule has 2 saturated carbocycles. The van der Waals surface area contributed by atoms with Gasteiger partial charge >= 0.3 is 6.09 Å². The number of fused-ring (bicyclic) bond motifs is 1. The number of hydrogen-bond donors (Lipinski definition) is 3. The van der Waals surface area contributed by atoms with Crippen molar-refractivity contribution in [2.75, 3.05) is 12.4 Å². The molecule has 1 heterocycles. The van der Waals surface area contributed by atoms with Gasteiger partial charge < -0.3 is 25.2 Å². The second kappa shape index (κ2) is 11.5. The number of anilines is 1. The molecule has 3 N–H and O–H groups in total. The summed E-state index contributed by atoms with van der Waals surface area (Å²) in [6.07, 6.45) is 6.50. The minimum atomic E-state index is -0.541. The largest absolute Gasteiger partial charge is 0.506 e. The molecule has 41 heavy (non-hydrogen) atoms. The van der Waals surface area contributed by atoms with Crippen LogP contribution in [0, 0.1) is 5.92 Å². The standard InChI is InChI=1S/C32H38ClN3O5/c1-32(2,3)41-31(40)36(4)23-10-8-22(9-11-23)35-28-24-14-19(20-13-21(17-37)30(39)26(33)15-20)7-12-27(24)34-16-25(28)29(38)18-5-6-18/h7,12-16,18,22-23,37,39H,5-6,8-11,17H2,1-4H3,(H,34,35). The van der Waals surface area contributed by atoms with Gasteiger partial charge in [0, 0.05) is 42.2 Å². The number of hydrogen-bond acceptors (Lipinski definition) is 7. The number of carbonyl (C=O) groups excluding carboxylic acids is 2. The lowest BCUT2D eigenvalue weighted by Gasteiger charge is -2.36. The molecule has 0 spiro atoms. The normalized spacial score (nSPS) is 19.2. The van der Waals surface area contributed by atoms with Crippen molar-refractivity contribution in [2.24, 2.45) is 5.92 Å². The Morgan fingerprint density at radius 1 is 1.07 bits per heavy atom. The highest BCUT2D eigenvalue weighted by atomic mass is 35.5. The van der Waals surface area contributed by atoms with Crippen LogP contribution >= 0.6 is 11.6 Å². The minimum Gasteiger partial charge on any atom is -0.506 e. The van der Waals surface area contributed by atoms with Crippen LogP contribution < -0.4 is 5.32 Å². The van der Waals surface area contributed by atoms with Crippen LogP contribution in [0.3, 0.4) is 0 Å². The number of phenols is 1. The van der Waals surface area contributed by atoms with Gasteiger partial charge in [-0.05, 0) is 94.7 Å². The summed E-state index contributed by atoms with van der Waals surface area (Å²) < 4.78 is 5.56. The van der Waals surface area contributed by atoms with E-state index in [1.54, 1.807) is 30.3 Å². The Bertz CT molecular complexity index is 1470. The molecule has 9 heteroatoms. The van der Waals surface area contributed by atoms with E-state index in [1.165, 1.54) is 0 Å². The molecule has 2 aliphatic carbocycles. The molecule has 218 valence electrons. The Morgan fingerprint density at radius 2 is 1.78 bits per heavy atom. The third kappa shape index (κ3) is 6.44. The van der Waals surface area contributed by atoms with E-state index in [1.807, 2.05) is 39.0 Å². The maximum atomic E-state index is 13.4. The van der Waals surface area contributed by atoms with Crippen LogP contribution in [0.2, 0.25) is 5.02 Å².